The average molecular weight is 408 g/mol. The molecule has 0 radical (unpaired) electrons. The van der Waals surface area contributed by atoms with Gasteiger partial charge in [0.15, 0.2) is 0 Å². The number of thiophene rings is 1. The number of halogens is 2. The van der Waals surface area contributed by atoms with Gasteiger partial charge in [0.05, 0.1) is 8.66 Å². The van der Waals surface area contributed by atoms with Crippen LogP contribution in [0, 0.1) is 0 Å². The van der Waals surface area contributed by atoms with E-state index in [1.54, 1.807) is 0 Å². The molecule has 104 valence electrons. The highest BCUT2D eigenvalue weighted by molar-refractivity contribution is 9.13. The zero-order valence-corrected chi connectivity index (χ0v) is 14.5. The fraction of sp³-hybridized carbons (Fsp3) is 0.615. The van der Waals surface area contributed by atoms with Crippen molar-refractivity contribution in [2.75, 3.05) is 13.1 Å². The largest absolute Gasteiger partial charge is 0.348 e. The van der Waals surface area contributed by atoms with Crippen LogP contribution in [0.5, 0.6) is 0 Å². The van der Waals surface area contributed by atoms with Crippen molar-refractivity contribution in [3.05, 3.63) is 19.2 Å². The fourth-order valence-electron chi connectivity index (χ4n) is 3.07. The molecule has 0 aromatic carbocycles. The number of nitrogens with one attached hydrogen (secondary N) is 1. The molecule has 2 unspecified atom stereocenters. The molecule has 19 heavy (non-hydrogen) atoms. The van der Waals surface area contributed by atoms with Crippen LogP contribution < -0.4 is 5.32 Å². The van der Waals surface area contributed by atoms with Gasteiger partial charge in [0.1, 0.15) is 0 Å². The lowest BCUT2D eigenvalue weighted by Gasteiger charge is -2.35. The lowest BCUT2D eigenvalue weighted by molar-refractivity contribution is 0.0900. The molecular formula is C13H16Br2N2OS. The number of rotatable bonds is 2. The van der Waals surface area contributed by atoms with Gasteiger partial charge in [-0.15, -0.1) is 11.3 Å². The van der Waals surface area contributed by atoms with Crippen LogP contribution in [0.25, 0.3) is 0 Å². The smallest absolute Gasteiger partial charge is 0.261 e. The van der Waals surface area contributed by atoms with Crippen molar-refractivity contribution >= 4 is 49.1 Å². The van der Waals surface area contributed by atoms with E-state index < -0.39 is 0 Å². The summed E-state index contributed by atoms with van der Waals surface area (Å²) < 4.78 is 1.93. The SMILES string of the molecule is O=C(NC1CCN2CCCC2C1)c1cc(Br)c(Br)s1. The third kappa shape index (κ3) is 3.06. The second-order valence-corrected chi connectivity index (χ2v) is 8.48. The molecule has 2 saturated heterocycles. The maximum Gasteiger partial charge on any atom is 0.261 e. The van der Waals surface area contributed by atoms with E-state index in [0.717, 1.165) is 32.5 Å². The summed E-state index contributed by atoms with van der Waals surface area (Å²) in [5.74, 6) is 0.0628. The molecule has 0 bridgehead atoms. The molecule has 2 aliphatic heterocycles. The Kier molecular flexibility index (Phi) is 4.31. The molecule has 1 N–H and O–H groups in total. The lowest BCUT2D eigenvalue weighted by atomic mass is 9.97. The van der Waals surface area contributed by atoms with Crippen molar-refractivity contribution in [3.8, 4) is 0 Å². The number of carbonyl (C=O) groups excluding carboxylic acids is 1. The number of carbonyl (C=O) groups is 1. The Labute approximate surface area is 134 Å². The molecule has 3 heterocycles. The first-order valence-corrected chi connectivity index (χ1v) is 9.03. The van der Waals surface area contributed by atoms with Gasteiger partial charge in [-0.3, -0.25) is 4.79 Å². The summed E-state index contributed by atoms with van der Waals surface area (Å²) in [5.41, 5.74) is 0. The molecule has 0 saturated carbocycles. The molecule has 0 spiro atoms. The minimum atomic E-state index is 0.0628. The van der Waals surface area contributed by atoms with E-state index in [4.69, 9.17) is 0 Å². The van der Waals surface area contributed by atoms with E-state index in [-0.39, 0.29) is 5.91 Å². The highest BCUT2D eigenvalue weighted by Gasteiger charge is 2.32. The fourth-order valence-corrected chi connectivity index (χ4v) is 5.01. The van der Waals surface area contributed by atoms with Crippen LogP contribution in [0.2, 0.25) is 0 Å². The van der Waals surface area contributed by atoms with E-state index in [9.17, 15) is 4.79 Å². The topological polar surface area (TPSA) is 32.3 Å². The number of hydrogen-bond acceptors (Lipinski definition) is 3. The second-order valence-electron chi connectivity index (χ2n) is 5.26. The third-order valence-electron chi connectivity index (χ3n) is 4.02. The van der Waals surface area contributed by atoms with E-state index in [0.29, 0.717) is 12.1 Å². The Bertz CT molecular complexity index is 471. The second kappa shape index (κ2) is 5.84. The van der Waals surface area contributed by atoms with Crippen molar-refractivity contribution in [2.45, 2.75) is 37.8 Å². The molecule has 2 fully saturated rings. The Morgan fingerprint density at radius 3 is 2.95 bits per heavy atom. The Morgan fingerprint density at radius 1 is 1.37 bits per heavy atom. The highest BCUT2D eigenvalue weighted by Crippen LogP contribution is 2.33. The third-order valence-corrected chi connectivity index (χ3v) is 7.28. The molecule has 3 rings (SSSR count). The van der Waals surface area contributed by atoms with Crippen LogP contribution in [-0.4, -0.2) is 36.0 Å². The van der Waals surface area contributed by atoms with Crippen LogP contribution >= 0.6 is 43.2 Å². The highest BCUT2D eigenvalue weighted by atomic mass is 79.9. The van der Waals surface area contributed by atoms with Crippen LogP contribution in [-0.2, 0) is 0 Å². The van der Waals surface area contributed by atoms with Gasteiger partial charge in [0, 0.05) is 23.1 Å². The first-order chi connectivity index (χ1) is 9.13. The van der Waals surface area contributed by atoms with Gasteiger partial charge >= 0.3 is 0 Å². The normalized spacial score (nSPS) is 27.3. The molecule has 1 amide bonds. The molecule has 3 nitrogen and oxygen atoms in total. The van der Waals surface area contributed by atoms with Gasteiger partial charge in [0.2, 0.25) is 0 Å². The molecule has 1 aromatic heterocycles. The molecule has 2 aliphatic rings. The summed E-state index contributed by atoms with van der Waals surface area (Å²) >= 11 is 8.33. The van der Waals surface area contributed by atoms with Crippen molar-refractivity contribution < 1.29 is 4.79 Å². The maximum atomic E-state index is 12.2. The first kappa shape index (κ1) is 14.0. The average Bonchev–Trinajstić information content (AvgIpc) is 2.96. The van der Waals surface area contributed by atoms with Gasteiger partial charge in [-0.05, 0) is 70.2 Å². The summed E-state index contributed by atoms with van der Waals surface area (Å²) in [4.78, 5) is 15.6. The summed E-state index contributed by atoms with van der Waals surface area (Å²) in [6.07, 6.45) is 4.80. The minimum Gasteiger partial charge on any atom is -0.348 e. The quantitative estimate of drug-likeness (QED) is 0.811. The Hall–Kier alpha value is 0.0900. The van der Waals surface area contributed by atoms with E-state index in [1.807, 2.05) is 6.07 Å². The summed E-state index contributed by atoms with van der Waals surface area (Å²) in [7, 11) is 0. The lowest BCUT2D eigenvalue weighted by Crippen LogP contribution is -2.47. The van der Waals surface area contributed by atoms with Crippen molar-refractivity contribution in [1.29, 1.82) is 0 Å². The van der Waals surface area contributed by atoms with Gasteiger partial charge in [0.25, 0.3) is 5.91 Å². The van der Waals surface area contributed by atoms with Crippen molar-refractivity contribution in [1.82, 2.24) is 10.2 Å². The predicted molar refractivity (Wildman–Crippen MR) is 84.8 cm³/mol. The van der Waals surface area contributed by atoms with E-state index >= 15 is 0 Å². The van der Waals surface area contributed by atoms with Gasteiger partial charge < -0.3 is 10.2 Å². The number of hydrogen-bond donors (Lipinski definition) is 1. The monoisotopic (exact) mass is 406 g/mol. The number of fused-ring (bicyclic) bond motifs is 1. The van der Waals surface area contributed by atoms with Crippen LogP contribution in [0.3, 0.4) is 0 Å². The van der Waals surface area contributed by atoms with E-state index in [1.165, 1.54) is 30.7 Å². The Balaban J connectivity index is 1.60. The van der Waals surface area contributed by atoms with Crippen molar-refractivity contribution in [3.63, 3.8) is 0 Å². The first-order valence-electron chi connectivity index (χ1n) is 6.63. The van der Waals surface area contributed by atoms with Gasteiger partial charge in [-0.1, -0.05) is 0 Å². The van der Waals surface area contributed by atoms with E-state index in [2.05, 4.69) is 42.1 Å². The number of piperidine rings is 1. The standard InChI is InChI=1S/C13H16Br2N2OS/c14-10-7-11(19-12(10)15)13(18)16-8-3-5-17-4-1-2-9(17)6-8/h7-9H,1-6H2,(H,16,18). The van der Waals surface area contributed by atoms with Crippen molar-refractivity contribution in [2.24, 2.45) is 0 Å². The maximum absolute atomic E-state index is 12.2. The molecule has 0 aliphatic carbocycles. The molecule has 2 atom stereocenters. The molecule has 6 heteroatoms. The minimum absolute atomic E-state index is 0.0628. The predicted octanol–water partition coefficient (Wildman–Crippen LogP) is 3.63. The summed E-state index contributed by atoms with van der Waals surface area (Å²) in [6.45, 7) is 2.38. The molecular weight excluding hydrogens is 392 g/mol. The number of nitrogens with zero attached hydrogens (tertiary/aromatic N) is 1. The van der Waals surface area contributed by atoms with Crippen LogP contribution in [0.1, 0.15) is 35.4 Å². The van der Waals surface area contributed by atoms with Gasteiger partial charge in [-0.25, -0.2) is 0 Å². The zero-order valence-electron chi connectivity index (χ0n) is 10.5. The zero-order chi connectivity index (χ0) is 13.4. The van der Waals surface area contributed by atoms with Crippen LogP contribution in [0.15, 0.2) is 14.3 Å². The summed E-state index contributed by atoms with van der Waals surface area (Å²) in [6, 6.07) is 2.92. The number of amides is 1. The van der Waals surface area contributed by atoms with Gasteiger partial charge in [-0.2, -0.15) is 0 Å². The molecule has 1 aromatic rings. The summed E-state index contributed by atoms with van der Waals surface area (Å²) in [5, 5.41) is 3.19. The van der Waals surface area contributed by atoms with Crippen LogP contribution in [0.4, 0.5) is 0 Å². The Morgan fingerprint density at radius 2 is 2.21 bits per heavy atom.